The minimum absolute atomic E-state index is 0.184. The predicted octanol–water partition coefficient (Wildman–Crippen LogP) is 4.67. The normalized spacial score (nSPS) is 12.0. The van der Waals surface area contributed by atoms with Crippen LogP contribution in [0.1, 0.15) is 42.2 Å². The molecule has 0 saturated heterocycles. The molecule has 0 bridgehead atoms. The number of halogens is 1. The van der Waals surface area contributed by atoms with Gasteiger partial charge in [-0.15, -0.1) is 0 Å². The molecule has 0 aliphatic carbocycles. The maximum absolute atomic E-state index is 11.5. The molecule has 0 amide bonds. The minimum Gasteiger partial charge on any atom is -0.465 e. The van der Waals surface area contributed by atoms with E-state index < -0.39 is 0 Å². The summed E-state index contributed by atoms with van der Waals surface area (Å²) in [6.07, 6.45) is 2.54. The molecule has 122 valence electrons. The van der Waals surface area contributed by atoms with Crippen molar-refractivity contribution in [2.24, 2.45) is 5.92 Å². The Morgan fingerprint density at radius 1 is 1.22 bits per heavy atom. The lowest BCUT2D eigenvalue weighted by Gasteiger charge is -2.22. The molecule has 0 spiro atoms. The van der Waals surface area contributed by atoms with Crippen molar-refractivity contribution in [3.8, 4) is 0 Å². The number of carbonyl (C=O) groups excluding carboxylic acids is 1. The van der Waals surface area contributed by atoms with Gasteiger partial charge < -0.3 is 10.1 Å². The maximum Gasteiger partial charge on any atom is 0.339 e. The molecule has 0 saturated carbocycles. The van der Waals surface area contributed by atoms with Gasteiger partial charge in [0.1, 0.15) is 5.82 Å². The van der Waals surface area contributed by atoms with Gasteiger partial charge in [0, 0.05) is 9.77 Å². The number of esters is 1. The Labute approximate surface area is 150 Å². The molecule has 1 atom stereocenters. The molecule has 4 nitrogen and oxygen atoms in total. The molecule has 5 heteroatoms. The van der Waals surface area contributed by atoms with Crippen molar-refractivity contribution in [2.75, 3.05) is 12.4 Å². The third kappa shape index (κ3) is 5.20. The Morgan fingerprint density at radius 3 is 2.43 bits per heavy atom. The maximum atomic E-state index is 11.5. The summed E-state index contributed by atoms with van der Waals surface area (Å²) in [5.41, 5.74) is 1.69. The summed E-state index contributed by atoms with van der Waals surface area (Å²) < 4.78 is 5.91. The van der Waals surface area contributed by atoms with Gasteiger partial charge in [-0.2, -0.15) is 0 Å². The zero-order valence-corrected chi connectivity index (χ0v) is 15.7. The summed E-state index contributed by atoms with van der Waals surface area (Å²) in [4.78, 5) is 15.8. The van der Waals surface area contributed by atoms with Crippen LogP contribution in [-0.4, -0.2) is 18.1 Å². The summed E-state index contributed by atoms with van der Waals surface area (Å²) in [6, 6.07) is 12.2. The highest BCUT2D eigenvalue weighted by atomic mass is 127. The number of nitrogens with zero attached hydrogens (tertiary/aromatic N) is 1. The van der Waals surface area contributed by atoms with Crippen LogP contribution < -0.4 is 5.32 Å². The van der Waals surface area contributed by atoms with E-state index in [2.05, 4.69) is 71.0 Å². The molecule has 0 radical (unpaired) electrons. The Bertz CT molecular complexity index is 639. The lowest BCUT2D eigenvalue weighted by atomic mass is 9.97. The van der Waals surface area contributed by atoms with Crippen molar-refractivity contribution >= 4 is 34.4 Å². The van der Waals surface area contributed by atoms with Crippen LogP contribution in [-0.2, 0) is 4.74 Å². The molecule has 1 heterocycles. The van der Waals surface area contributed by atoms with Crippen LogP contribution in [0, 0.1) is 9.49 Å². The molecule has 0 fully saturated rings. The van der Waals surface area contributed by atoms with Crippen LogP contribution in [0.3, 0.4) is 0 Å². The van der Waals surface area contributed by atoms with Crippen LogP contribution in [0.5, 0.6) is 0 Å². The van der Waals surface area contributed by atoms with Crippen molar-refractivity contribution in [2.45, 2.75) is 26.3 Å². The molecule has 0 aliphatic heterocycles. The Morgan fingerprint density at radius 2 is 1.91 bits per heavy atom. The first kappa shape index (κ1) is 17.7. The summed E-state index contributed by atoms with van der Waals surface area (Å²) in [5.74, 6) is 0.934. The van der Waals surface area contributed by atoms with Crippen molar-refractivity contribution in [3.05, 3.63) is 57.3 Å². The lowest BCUT2D eigenvalue weighted by molar-refractivity contribution is 0.0600. The van der Waals surface area contributed by atoms with Gasteiger partial charge in [-0.25, -0.2) is 9.78 Å². The van der Waals surface area contributed by atoms with Crippen LogP contribution >= 0.6 is 22.6 Å². The van der Waals surface area contributed by atoms with E-state index >= 15 is 0 Å². The van der Waals surface area contributed by atoms with Crippen molar-refractivity contribution in [3.63, 3.8) is 0 Å². The molecule has 1 N–H and O–H groups in total. The van der Waals surface area contributed by atoms with Gasteiger partial charge in [0.2, 0.25) is 0 Å². The predicted molar refractivity (Wildman–Crippen MR) is 101 cm³/mol. The van der Waals surface area contributed by atoms with E-state index in [-0.39, 0.29) is 12.0 Å². The van der Waals surface area contributed by atoms with Gasteiger partial charge in [0.05, 0.1) is 18.7 Å². The Hall–Kier alpha value is -1.63. The fourth-order valence-corrected chi connectivity index (χ4v) is 2.70. The fraction of sp³-hybridized carbons (Fsp3) is 0.333. The third-order valence-electron chi connectivity index (χ3n) is 3.49. The number of pyridine rings is 1. The zero-order valence-electron chi connectivity index (χ0n) is 13.5. The number of anilines is 1. The average molecular weight is 424 g/mol. The van der Waals surface area contributed by atoms with Crippen LogP contribution in [0.25, 0.3) is 0 Å². The molecule has 0 aliphatic rings. The second-order valence-corrected chi connectivity index (χ2v) is 7.05. The van der Waals surface area contributed by atoms with Crippen LogP contribution in [0.4, 0.5) is 5.82 Å². The second kappa shape index (κ2) is 8.29. The van der Waals surface area contributed by atoms with E-state index in [1.807, 2.05) is 6.07 Å². The number of methoxy groups -OCH3 is 1. The molecule has 2 aromatic rings. The van der Waals surface area contributed by atoms with E-state index in [0.29, 0.717) is 11.5 Å². The average Bonchev–Trinajstić information content (AvgIpc) is 2.54. The molecule has 1 aromatic carbocycles. The largest absolute Gasteiger partial charge is 0.465 e. The van der Waals surface area contributed by atoms with Crippen molar-refractivity contribution in [1.82, 2.24) is 4.98 Å². The first-order valence-corrected chi connectivity index (χ1v) is 8.64. The summed E-state index contributed by atoms with van der Waals surface area (Å²) in [5, 5.41) is 3.46. The summed E-state index contributed by atoms with van der Waals surface area (Å²) in [7, 11) is 1.37. The van der Waals surface area contributed by atoms with Gasteiger partial charge in [0.15, 0.2) is 0 Å². The molecule has 0 unspecified atom stereocenters. The number of carbonyl (C=O) groups is 1. The Kier molecular flexibility index (Phi) is 6.38. The van der Waals surface area contributed by atoms with Crippen LogP contribution in [0.2, 0.25) is 0 Å². The van der Waals surface area contributed by atoms with Gasteiger partial charge in [-0.3, -0.25) is 0 Å². The molecule has 2 rings (SSSR count). The monoisotopic (exact) mass is 424 g/mol. The number of ether oxygens (including phenoxy) is 1. The molecular weight excluding hydrogens is 403 g/mol. The summed E-state index contributed by atoms with van der Waals surface area (Å²) >= 11 is 2.31. The highest BCUT2D eigenvalue weighted by molar-refractivity contribution is 14.1. The number of benzene rings is 1. The molecule has 1 aromatic heterocycles. The third-order valence-corrected chi connectivity index (χ3v) is 4.21. The lowest BCUT2D eigenvalue weighted by Crippen LogP contribution is -2.14. The van der Waals surface area contributed by atoms with E-state index in [0.717, 1.165) is 12.2 Å². The van der Waals surface area contributed by atoms with E-state index in [9.17, 15) is 4.79 Å². The zero-order chi connectivity index (χ0) is 16.8. The molecular formula is C18H21IN2O2. The second-order valence-electron chi connectivity index (χ2n) is 5.80. The number of aromatic nitrogens is 1. The van der Waals surface area contributed by atoms with Crippen molar-refractivity contribution < 1.29 is 9.53 Å². The number of nitrogens with one attached hydrogen (secondary N) is 1. The molecule has 23 heavy (non-hydrogen) atoms. The first-order valence-electron chi connectivity index (χ1n) is 7.56. The topological polar surface area (TPSA) is 51.2 Å². The highest BCUT2D eigenvalue weighted by Gasteiger charge is 2.14. The number of rotatable bonds is 6. The van der Waals surface area contributed by atoms with E-state index in [1.54, 1.807) is 6.07 Å². The summed E-state index contributed by atoms with van der Waals surface area (Å²) in [6.45, 7) is 4.41. The van der Waals surface area contributed by atoms with Gasteiger partial charge in [-0.1, -0.05) is 26.0 Å². The standard InChI is InChI=1S/C18H21IN2O2/c1-12(2)10-16(13-4-7-15(19)8-5-13)21-17-9-6-14(11-20-17)18(22)23-3/h4-9,11-12,16H,10H2,1-3H3,(H,20,21)/t16-/m1/s1. The fourth-order valence-electron chi connectivity index (χ4n) is 2.34. The van der Waals surface area contributed by atoms with E-state index in [4.69, 9.17) is 4.74 Å². The number of hydrogen-bond acceptors (Lipinski definition) is 4. The smallest absolute Gasteiger partial charge is 0.339 e. The van der Waals surface area contributed by atoms with Gasteiger partial charge in [-0.05, 0) is 64.8 Å². The van der Waals surface area contributed by atoms with Gasteiger partial charge >= 0.3 is 5.97 Å². The van der Waals surface area contributed by atoms with Gasteiger partial charge in [0.25, 0.3) is 0 Å². The minimum atomic E-state index is -0.375. The SMILES string of the molecule is COC(=O)c1ccc(N[C@H](CC(C)C)c2ccc(I)cc2)nc1. The van der Waals surface area contributed by atoms with Crippen LogP contribution in [0.15, 0.2) is 42.6 Å². The number of hydrogen-bond donors (Lipinski definition) is 1. The quantitative estimate of drug-likeness (QED) is 0.541. The Balaban J connectivity index is 2.17. The first-order chi connectivity index (χ1) is 11.0. The highest BCUT2D eigenvalue weighted by Crippen LogP contribution is 2.26. The van der Waals surface area contributed by atoms with E-state index in [1.165, 1.54) is 22.4 Å². The van der Waals surface area contributed by atoms with Crippen molar-refractivity contribution in [1.29, 1.82) is 0 Å².